The molecule has 3 rings (SSSR count). The standard InChI is InChI=1S/C31H33F17O/c1-2-17-3-5-18(6-4-17)7-8-19-9-11-20(12-10-19)21-13-15-22(16-14-21)23(49)24(32,33)25(34,35)26(36,37)27(38,39)28(40,41)29(42,43)30(44,45)31(46,47)48/h13-20H,2-12H2,1H3/t17-,18-,19-,20-. The molecule has 0 spiro atoms. The second-order valence-electron chi connectivity index (χ2n) is 13.1. The Balaban J connectivity index is 1.72. The number of rotatable bonds is 13. The molecule has 0 atom stereocenters. The van der Waals surface area contributed by atoms with Gasteiger partial charge in [0.25, 0.3) is 0 Å². The molecule has 0 radical (unpaired) electrons. The van der Waals surface area contributed by atoms with E-state index >= 15 is 0 Å². The zero-order valence-corrected chi connectivity index (χ0v) is 25.7. The smallest absolute Gasteiger partial charge is 0.287 e. The van der Waals surface area contributed by atoms with Crippen LogP contribution >= 0.6 is 0 Å². The van der Waals surface area contributed by atoms with Crippen LogP contribution in [0, 0.1) is 17.8 Å². The van der Waals surface area contributed by atoms with Gasteiger partial charge in [-0.15, -0.1) is 0 Å². The molecule has 0 amide bonds. The van der Waals surface area contributed by atoms with E-state index in [2.05, 4.69) is 6.92 Å². The molecule has 49 heavy (non-hydrogen) atoms. The van der Waals surface area contributed by atoms with E-state index < -0.39 is 59.0 Å². The van der Waals surface area contributed by atoms with Gasteiger partial charge in [-0.1, -0.05) is 76.1 Å². The topological polar surface area (TPSA) is 17.1 Å². The van der Waals surface area contributed by atoms with Crippen molar-refractivity contribution in [3.05, 3.63) is 35.4 Å². The molecule has 2 fully saturated rings. The molecule has 0 aromatic heterocycles. The van der Waals surface area contributed by atoms with Crippen molar-refractivity contribution in [2.75, 3.05) is 0 Å². The molecule has 0 N–H and O–H groups in total. The summed E-state index contributed by atoms with van der Waals surface area (Å²) in [7, 11) is 0. The fourth-order valence-electron chi connectivity index (χ4n) is 6.58. The Morgan fingerprint density at radius 3 is 1.24 bits per heavy atom. The van der Waals surface area contributed by atoms with Crippen LogP contribution in [-0.2, 0) is 0 Å². The Kier molecular flexibility index (Phi) is 11.5. The third-order valence-corrected chi connectivity index (χ3v) is 10.0. The van der Waals surface area contributed by atoms with Gasteiger partial charge >= 0.3 is 47.6 Å². The maximum Gasteiger partial charge on any atom is 0.460 e. The highest BCUT2D eigenvalue weighted by Gasteiger charge is 2.95. The molecule has 2 aliphatic carbocycles. The number of Topliss-reactive ketones (excluding diaryl/α,β-unsaturated/α-hetero) is 1. The van der Waals surface area contributed by atoms with Gasteiger partial charge in [-0.25, -0.2) is 0 Å². The first-order valence-electron chi connectivity index (χ1n) is 15.5. The highest BCUT2D eigenvalue weighted by Crippen LogP contribution is 2.64. The maximum absolute atomic E-state index is 14.5. The molecular weight excluding hydrogens is 711 g/mol. The van der Waals surface area contributed by atoms with Crippen molar-refractivity contribution in [3.8, 4) is 0 Å². The fourth-order valence-corrected chi connectivity index (χ4v) is 6.58. The number of carbonyl (C=O) groups is 1. The van der Waals surface area contributed by atoms with E-state index in [9.17, 15) is 79.4 Å². The molecule has 2 saturated carbocycles. The summed E-state index contributed by atoms with van der Waals surface area (Å²) in [5.74, 6) is -59.7. The summed E-state index contributed by atoms with van der Waals surface area (Å²) in [6, 6.07) is 2.78. The van der Waals surface area contributed by atoms with Crippen LogP contribution in [0.2, 0.25) is 0 Å². The minimum absolute atomic E-state index is 0.205. The van der Waals surface area contributed by atoms with Gasteiger partial charge in [0.15, 0.2) is 0 Å². The quantitative estimate of drug-likeness (QED) is 0.145. The number of halogens is 17. The van der Waals surface area contributed by atoms with Gasteiger partial charge in [0.2, 0.25) is 5.78 Å². The maximum atomic E-state index is 14.5. The van der Waals surface area contributed by atoms with E-state index in [-0.39, 0.29) is 5.92 Å². The van der Waals surface area contributed by atoms with Gasteiger partial charge in [0.05, 0.1) is 0 Å². The lowest BCUT2D eigenvalue weighted by atomic mass is 9.74. The predicted octanol–water partition coefficient (Wildman–Crippen LogP) is 12.1. The van der Waals surface area contributed by atoms with Crippen LogP contribution in [-0.4, -0.2) is 53.4 Å². The average molecular weight is 745 g/mol. The van der Waals surface area contributed by atoms with Crippen LogP contribution in [0.5, 0.6) is 0 Å². The molecule has 0 heterocycles. The van der Waals surface area contributed by atoms with Crippen molar-refractivity contribution >= 4 is 5.78 Å². The Morgan fingerprint density at radius 1 is 0.510 bits per heavy atom. The molecule has 0 bridgehead atoms. The minimum atomic E-state index is -8.74. The summed E-state index contributed by atoms with van der Waals surface area (Å²) in [6.07, 6.45) is 2.92. The summed E-state index contributed by atoms with van der Waals surface area (Å²) in [6.45, 7) is 2.17. The normalized spacial score (nSPS) is 24.2. The number of hydrogen-bond acceptors (Lipinski definition) is 1. The van der Waals surface area contributed by atoms with E-state index in [0.717, 1.165) is 50.2 Å². The van der Waals surface area contributed by atoms with Gasteiger partial charge in [0, 0.05) is 5.56 Å². The van der Waals surface area contributed by atoms with Gasteiger partial charge in [-0.05, 0) is 54.9 Å². The van der Waals surface area contributed by atoms with E-state index in [0.29, 0.717) is 42.4 Å². The van der Waals surface area contributed by atoms with E-state index in [1.807, 2.05) is 0 Å². The molecule has 0 saturated heterocycles. The largest absolute Gasteiger partial charge is 0.460 e. The predicted molar refractivity (Wildman–Crippen MR) is 141 cm³/mol. The Labute approximate surface area is 270 Å². The zero-order valence-electron chi connectivity index (χ0n) is 25.7. The molecule has 1 aromatic rings. The fraction of sp³-hybridized carbons (Fsp3) is 0.774. The summed E-state index contributed by atoms with van der Waals surface area (Å²) < 4.78 is 231. The number of benzene rings is 1. The average Bonchev–Trinajstić information content (AvgIpc) is 3.02. The van der Waals surface area contributed by atoms with E-state index in [1.54, 1.807) is 0 Å². The second-order valence-corrected chi connectivity index (χ2v) is 13.1. The first-order chi connectivity index (χ1) is 22.1. The number of ketones is 1. The van der Waals surface area contributed by atoms with E-state index in [4.69, 9.17) is 0 Å². The van der Waals surface area contributed by atoms with Crippen molar-refractivity contribution in [1.29, 1.82) is 0 Å². The molecule has 1 nitrogen and oxygen atoms in total. The second kappa shape index (κ2) is 13.7. The highest BCUT2D eigenvalue weighted by atomic mass is 19.4. The Morgan fingerprint density at radius 2 is 0.857 bits per heavy atom. The molecular formula is C31H33F17O. The highest BCUT2D eigenvalue weighted by molar-refractivity contribution is 6.02. The van der Waals surface area contributed by atoms with E-state index in [1.165, 1.54) is 25.7 Å². The first-order valence-corrected chi connectivity index (χ1v) is 15.5. The van der Waals surface area contributed by atoms with Crippen molar-refractivity contribution < 1.29 is 79.4 Å². The van der Waals surface area contributed by atoms with Crippen LogP contribution in [0.1, 0.15) is 99.4 Å². The Hall–Kier alpha value is -2.30. The van der Waals surface area contributed by atoms with Crippen LogP contribution in [0.3, 0.4) is 0 Å². The van der Waals surface area contributed by atoms with Crippen LogP contribution < -0.4 is 0 Å². The lowest BCUT2D eigenvalue weighted by Gasteiger charge is -2.42. The summed E-state index contributed by atoms with van der Waals surface area (Å²) >= 11 is 0. The molecule has 0 aliphatic heterocycles. The first kappa shape index (κ1) is 41.1. The lowest BCUT2D eigenvalue weighted by Crippen LogP contribution is -2.75. The zero-order chi connectivity index (χ0) is 37.6. The van der Waals surface area contributed by atoms with Crippen molar-refractivity contribution in [2.45, 2.75) is 131 Å². The van der Waals surface area contributed by atoms with Crippen molar-refractivity contribution in [2.24, 2.45) is 17.8 Å². The number of carbonyl (C=O) groups excluding carboxylic acids is 1. The molecule has 18 heteroatoms. The summed E-state index contributed by atoms with van der Waals surface area (Å²) in [5.41, 5.74) is -1.15. The molecule has 2 aliphatic rings. The monoisotopic (exact) mass is 744 g/mol. The minimum Gasteiger partial charge on any atom is -0.287 e. The van der Waals surface area contributed by atoms with Gasteiger partial charge in [0.1, 0.15) is 0 Å². The van der Waals surface area contributed by atoms with Crippen molar-refractivity contribution in [1.82, 2.24) is 0 Å². The van der Waals surface area contributed by atoms with Gasteiger partial charge < -0.3 is 0 Å². The third-order valence-electron chi connectivity index (χ3n) is 10.0. The molecule has 0 unspecified atom stereocenters. The number of hydrogen-bond donors (Lipinski definition) is 0. The Bertz CT molecular complexity index is 1270. The van der Waals surface area contributed by atoms with Crippen LogP contribution in [0.15, 0.2) is 24.3 Å². The SMILES string of the molecule is CC[C@H]1CC[C@H](CC[C@H]2CC[C@H](c3ccc(C(=O)C(F)(F)C(F)(F)C(F)(F)C(F)(F)C(F)(F)C(F)(F)C(F)(F)C(F)(F)F)cc3)CC2)CC1. The molecule has 282 valence electrons. The van der Waals surface area contributed by atoms with Crippen LogP contribution in [0.4, 0.5) is 74.6 Å². The van der Waals surface area contributed by atoms with Crippen molar-refractivity contribution in [3.63, 3.8) is 0 Å². The summed E-state index contributed by atoms with van der Waals surface area (Å²) in [5, 5.41) is 0. The third kappa shape index (κ3) is 6.99. The summed E-state index contributed by atoms with van der Waals surface area (Å²) in [4.78, 5) is 12.2. The number of alkyl halides is 17. The lowest BCUT2D eigenvalue weighted by molar-refractivity contribution is -0.459. The van der Waals surface area contributed by atoms with Gasteiger partial charge in [-0.3, -0.25) is 4.79 Å². The van der Waals surface area contributed by atoms with Crippen LogP contribution in [0.25, 0.3) is 0 Å². The molecule has 1 aromatic carbocycles. The van der Waals surface area contributed by atoms with Gasteiger partial charge in [-0.2, -0.15) is 74.6 Å².